The summed E-state index contributed by atoms with van der Waals surface area (Å²) in [5, 5.41) is 0. The Bertz CT molecular complexity index is 852. The average molecular weight is 416 g/mol. The molecule has 1 amide bonds. The van der Waals surface area contributed by atoms with Gasteiger partial charge in [0.15, 0.2) is 5.65 Å². The minimum absolute atomic E-state index is 0.0904. The number of hydrogen-bond acceptors (Lipinski definition) is 6. The number of amides is 1. The number of aromatic nitrogens is 3. The van der Waals surface area contributed by atoms with Crippen LogP contribution >= 0.6 is 11.8 Å². The molecule has 0 atom stereocenters. The van der Waals surface area contributed by atoms with Gasteiger partial charge in [-0.25, -0.2) is 9.97 Å². The molecule has 156 valence electrons. The molecule has 0 bridgehead atoms. The Balaban J connectivity index is 1.25. The van der Waals surface area contributed by atoms with Gasteiger partial charge < -0.3 is 14.2 Å². The SMILES string of the molecule is O=C(c1cnc2c(c1)ncn2C1CCOCC1)N1CCC(N2CCSCC2)CC1. The minimum Gasteiger partial charge on any atom is -0.381 e. The summed E-state index contributed by atoms with van der Waals surface area (Å²) in [7, 11) is 0. The normalized spacial score (nSPS) is 23.0. The van der Waals surface area contributed by atoms with Crippen molar-refractivity contribution in [3.8, 4) is 0 Å². The van der Waals surface area contributed by atoms with Gasteiger partial charge in [0.05, 0.1) is 11.9 Å². The van der Waals surface area contributed by atoms with Crippen molar-refractivity contribution in [1.29, 1.82) is 0 Å². The highest BCUT2D eigenvalue weighted by molar-refractivity contribution is 7.99. The van der Waals surface area contributed by atoms with E-state index in [-0.39, 0.29) is 5.91 Å². The van der Waals surface area contributed by atoms with E-state index < -0.39 is 0 Å². The van der Waals surface area contributed by atoms with E-state index in [1.807, 2.05) is 29.1 Å². The molecule has 0 saturated carbocycles. The van der Waals surface area contributed by atoms with Crippen LogP contribution in [0.1, 0.15) is 42.1 Å². The molecule has 0 N–H and O–H groups in total. The number of imidazole rings is 1. The minimum atomic E-state index is 0.0904. The summed E-state index contributed by atoms with van der Waals surface area (Å²) in [5.41, 5.74) is 2.33. The number of hydrogen-bond donors (Lipinski definition) is 0. The molecule has 3 aliphatic rings. The molecular formula is C21H29N5O2S. The second-order valence-corrected chi connectivity index (χ2v) is 9.46. The fraction of sp³-hybridized carbons (Fsp3) is 0.667. The fourth-order valence-corrected chi connectivity index (χ4v) is 5.76. The summed E-state index contributed by atoms with van der Waals surface area (Å²) in [5.74, 6) is 2.57. The Morgan fingerprint density at radius 1 is 1.00 bits per heavy atom. The van der Waals surface area contributed by atoms with Crippen LogP contribution in [0.4, 0.5) is 0 Å². The zero-order chi connectivity index (χ0) is 19.6. The van der Waals surface area contributed by atoms with E-state index in [0.717, 1.165) is 63.2 Å². The predicted octanol–water partition coefficient (Wildman–Crippen LogP) is 2.44. The Morgan fingerprint density at radius 3 is 2.52 bits per heavy atom. The van der Waals surface area contributed by atoms with E-state index in [2.05, 4.69) is 19.4 Å². The van der Waals surface area contributed by atoms with Crippen molar-refractivity contribution >= 4 is 28.8 Å². The third-order valence-corrected chi connectivity index (χ3v) is 7.50. The Morgan fingerprint density at radius 2 is 1.76 bits per heavy atom. The van der Waals surface area contributed by atoms with E-state index in [4.69, 9.17) is 4.74 Å². The topological polar surface area (TPSA) is 63.5 Å². The Kier molecular flexibility index (Phi) is 5.74. The predicted molar refractivity (Wildman–Crippen MR) is 114 cm³/mol. The molecule has 5 rings (SSSR count). The smallest absolute Gasteiger partial charge is 0.255 e. The number of fused-ring (bicyclic) bond motifs is 1. The zero-order valence-electron chi connectivity index (χ0n) is 16.8. The quantitative estimate of drug-likeness (QED) is 0.767. The lowest BCUT2D eigenvalue weighted by Gasteiger charge is -2.40. The van der Waals surface area contributed by atoms with Crippen LogP contribution in [-0.4, -0.2) is 87.2 Å². The van der Waals surface area contributed by atoms with Crippen LogP contribution in [0.5, 0.6) is 0 Å². The van der Waals surface area contributed by atoms with Gasteiger partial charge in [0.1, 0.15) is 5.52 Å². The lowest BCUT2D eigenvalue weighted by atomic mass is 10.0. The summed E-state index contributed by atoms with van der Waals surface area (Å²) >= 11 is 2.05. The van der Waals surface area contributed by atoms with Gasteiger partial charge in [0, 0.05) is 69.2 Å². The van der Waals surface area contributed by atoms with Crippen LogP contribution in [0, 0.1) is 0 Å². The van der Waals surface area contributed by atoms with Crippen molar-refractivity contribution in [2.75, 3.05) is 50.9 Å². The van der Waals surface area contributed by atoms with Crippen molar-refractivity contribution in [3.05, 3.63) is 24.2 Å². The number of ether oxygens (including phenoxy) is 1. The maximum atomic E-state index is 13.1. The molecule has 0 aromatic carbocycles. The summed E-state index contributed by atoms with van der Waals surface area (Å²) < 4.78 is 7.61. The molecule has 0 spiro atoms. The first-order valence-corrected chi connectivity index (χ1v) is 12.0. The van der Waals surface area contributed by atoms with E-state index >= 15 is 0 Å². The molecule has 2 aromatic rings. The maximum Gasteiger partial charge on any atom is 0.255 e. The molecule has 7 nitrogen and oxygen atoms in total. The van der Waals surface area contributed by atoms with E-state index in [1.165, 1.54) is 24.6 Å². The molecule has 0 radical (unpaired) electrons. The molecule has 3 saturated heterocycles. The second kappa shape index (κ2) is 8.62. The van der Waals surface area contributed by atoms with Crippen LogP contribution in [-0.2, 0) is 4.74 Å². The first-order valence-electron chi connectivity index (χ1n) is 10.8. The van der Waals surface area contributed by atoms with Crippen LogP contribution in [0.2, 0.25) is 0 Å². The number of thioether (sulfide) groups is 1. The van der Waals surface area contributed by atoms with E-state index in [1.54, 1.807) is 6.20 Å². The maximum absolute atomic E-state index is 13.1. The standard InChI is InChI=1S/C21H29N5O2S/c27-21(25-5-1-17(2-6-25)24-7-11-29-12-8-24)16-13-19-20(22-14-16)26(15-23-19)18-3-9-28-10-4-18/h13-15,17-18H,1-12H2. The van der Waals surface area contributed by atoms with E-state index in [0.29, 0.717) is 17.6 Å². The first kappa shape index (κ1) is 19.3. The summed E-state index contributed by atoms with van der Waals surface area (Å²) in [6, 6.07) is 2.93. The third-order valence-electron chi connectivity index (χ3n) is 6.56. The molecule has 3 fully saturated rings. The molecule has 2 aromatic heterocycles. The molecule has 29 heavy (non-hydrogen) atoms. The van der Waals surface area contributed by atoms with Crippen molar-refractivity contribution in [2.24, 2.45) is 0 Å². The van der Waals surface area contributed by atoms with Gasteiger partial charge in [-0.1, -0.05) is 0 Å². The van der Waals surface area contributed by atoms with Crippen molar-refractivity contribution in [2.45, 2.75) is 37.8 Å². The zero-order valence-corrected chi connectivity index (χ0v) is 17.6. The fourth-order valence-electron chi connectivity index (χ4n) is 4.83. The molecular weight excluding hydrogens is 386 g/mol. The third kappa shape index (κ3) is 4.02. The number of piperidine rings is 1. The van der Waals surface area contributed by atoms with Crippen molar-refractivity contribution < 1.29 is 9.53 Å². The molecule has 5 heterocycles. The van der Waals surface area contributed by atoms with Crippen LogP contribution in [0.3, 0.4) is 0 Å². The number of carbonyl (C=O) groups is 1. The number of rotatable bonds is 3. The van der Waals surface area contributed by atoms with Gasteiger partial charge in [0.25, 0.3) is 5.91 Å². The summed E-state index contributed by atoms with van der Waals surface area (Å²) in [4.78, 5) is 26.8. The molecule has 0 aliphatic carbocycles. The monoisotopic (exact) mass is 415 g/mol. The van der Waals surface area contributed by atoms with Gasteiger partial charge in [-0.05, 0) is 31.7 Å². The number of carbonyl (C=O) groups excluding carboxylic acids is 1. The van der Waals surface area contributed by atoms with Crippen LogP contribution in [0.25, 0.3) is 11.2 Å². The first-order chi connectivity index (χ1) is 14.3. The number of nitrogens with zero attached hydrogens (tertiary/aromatic N) is 5. The molecule has 0 unspecified atom stereocenters. The van der Waals surface area contributed by atoms with E-state index in [9.17, 15) is 4.79 Å². The largest absolute Gasteiger partial charge is 0.381 e. The van der Waals surface area contributed by atoms with Gasteiger partial charge >= 0.3 is 0 Å². The highest BCUT2D eigenvalue weighted by Crippen LogP contribution is 2.26. The van der Waals surface area contributed by atoms with Gasteiger partial charge in [-0.3, -0.25) is 9.69 Å². The average Bonchev–Trinajstić information content (AvgIpc) is 3.23. The van der Waals surface area contributed by atoms with Crippen LogP contribution in [0.15, 0.2) is 18.6 Å². The van der Waals surface area contributed by atoms with Gasteiger partial charge in [-0.15, -0.1) is 0 Å². The van der Waals surface area contributed by atoms with Crippen molar-refractivity contribution in [1.82, 2.24) is 24.3 Å². The summed E-state index contributed by atoms with van der Waals surface area (Å²) in [6.45, 7) is 5.63. The van der Waals surface area contributed by atoms with Gasteiger partial charge in [0.2, 0.25) is 0 Å². The molecule has 3 aliphatic heterocycles. The highest BCUT2D eigenvalue weighted by Gasteiger charge is 2.28. The lowest BCUT2D eigenvalue weighted by molar-refractivity contribution is 0.0630. The summed E-state index contributed by atoms with van der Waals surface area (Å²) in [6.07, 6.45) is 7.71. The molecule has 8 heteroatoms. The number of likely N-dealkylation sites (tertiary alicyclic amines) is 1. The second-order valence-electron chi connectivity index (χ2n) is 8.23. The van der Waals surface area contributed by atoms with Crippen molar-refractivity contribution in [3.63, 3.8) is 0 Å². The number of pyridine rings is 1. The lowest BCUT2D eigenvalue weighted by Crippen LogP contribution is -2.49. The van der Waals surface area contributed by atoms with Gasteiger partial charge in [-0.2, -0.15) is 11.8 Å². The Labute approximate surface area is 175 Å². The highest BCUT2D eigenvalue weighted by atomic mass is 32.2. The van der Waals surface area contributed by atoms with Crippen LogP contribution < -0.4 is 0 Å². The Hall–Kier alpha value is -1.64.